The van der Waals surface area contributed by atoms with Crippen LogP contribution in [0.25, 0.3) is 0 Å². The van der Waals surface area contributed by atoms with Crippen LogP contribution in [-0.4, -0.2) is 24.4 Å². The topological polar surface area (TPSA) is 84.5 Å². The van der Waals surface area contributed by atoms with Gasteiger partial charge in [-0.05, 0) is 52.7 Å². The molecule has 0 aliphatic heterocycles. The average molecular weight is 523 g/mol. The predicted molar refractivity (Wildman–Crippen MR) is 118 cm³/mol. The predicted octanol–water partition coefficient (Wildman–Crippen LogP) is 5.62. The van der Waals surface area contributed by atoms with Crippen molar-refractivity contribution < 1.29 is 19.1 Å². The molecule has 29 heavy (non-hydrogen) atoms. The molecule has 6 nitrogen and oxygen atoms in total. The van der Waals surface area contributed by atoms with Crippen molar-refractivity contribution >= 4 is 79.9 Å². The Balaban J connectivity index is 1.76. The van der Waals surface area contributed by atoms with Gasteiger partial charge in [0.1, 0.15) is 0 Å². The van der Waals surface area contributed by atoms with Gasteiger partial charge in [0.25, 0.3) is 5.91 Å². The number of anilines is 2. The zero-order valence-corrected chi connectivity index (χ0v) is 19.0. The molecule has 0 heterocycles. The molecule has 0 aliphatic rings. The summed E-state index contributed by atoms with van der Waals surface area (Å²) in [6.07, 6.45) is -0.328. The van der Waals surface area contributed by atoms with Gasteiger partial charge in [-0.15, -0.1) is 0 Å². The SMILES string of the molecule is Cc1c(NC(=O)COC(=O)CCC(=O)Nc2cccc(Cl)c2Cl)ccc(Br)c1Cl. The van der Waals surface area contributed by atoms with Crippen LogP contribution in [0.4, 0.5) is 11.4 Å². The van der Waals surface area contributed by atoms with Crippen molar-refractivity contribution in [3.8, 4) is 0 Å². The summed E-state index contributed by atoms with van der Waals surface area (Å²) in [5.41, 5.74) is 1.54. The Labute approximate surface area is 191 Å². The molecule has 2 aromatic carbocycles. The molecule has 0 saturated carbocycles. The van der Waals surface area contributed by atoms with Gasteiger partial charge in [-0.25, -0.2) is 0 Å². The van der Waals surface area contributed by atoms with Gasteiger partial charge in [-0.1, -0.05) is 40.9 Å². The van der Waals surface area contributed by atoms with Crippen molar-refractivity contribution in [1.82, 2.24) is 0 Å². The van der Waals surface area contributed by atoms with E-state index in [0.29, 0.717) is 31.5 Å². The smallest absolute Gasteiger partial charge is 0.306 e. The summed E-state index contributed by atoms with van der Waals surface area (Å²) < 4.78 is 5.60. The molecule has 10 heteroatoms. The number of esters is 1. The van der Waals surface area contributed by atoms with Gasteiger partial charge in [0.2, 0.25) is 5.91 Å². The number of hydrogen-bond donors (Lipinski definition) is 2. The molecule has 2 aromatic rings. The van der Waals surface area contributed by atoms with E-state index >= 15 is 0 Å². The molecule has 0 bridgehead atoms. The molecule has 2 rings (SSSR count). The first-order valence-corrected chi connectivity index (χ1v) is 10.3. The van der Waals surface area contributed by atoms with E-state index in [4.69, 9.17) is 39.5 Å². The van der Waals surface area contributed by atoms with Gasteiger partial charge < -0.3 is 15.4 Å². The standard InChI is InChI=1S/C19H16BrCl3N2O4/c1-10-13(6-5-11(20)18(10)22)24-16(27)9-29-17(28)8-7-15(26)25-14-4-2-3-12(21)19(14)23/h2-6H,7-9H2,1H3,(H,24,27)(H,25,26). The molecule has 0 saturated heterocycles. The number of rotatable bonds is 7. The Hall–Kier alpha value is -1.80. The van der Waals surface area contributed by atoms with E-state index in [1.165, 1.54) is 0 Å². The van der Waals surface area contributed by atoms with E-state index in [0.717, 1.165) is 0 Å². The maximum Gasteiger partial charge on any atom is 0.306 e. The van der Waals surface area contributed by atoms with E-state index in [2.05, 4.69) is 26.6 Å². The lowest BCUT2D eigenvalue weighted by Gasteiger charge is -2.11. The number of carbonyl (C=O) groups excluding carboxylic acids is 3. The summed E-state index contributed by atoms with van der Waals surface area (Å²) in [6.45, 7) is 1.27. The second-order valence-electron chi connectivity index (χ2n) is 5.89. The van der Waals surface area contributed by atoms with Crippen LogP contribution in [0.5, 0.6) is 0 Å². The molecule has 0 unspecified atom stereocenters. The van der Waals surface area contributed by atoms with Gasteiger partial charge in [-0.2, -0.15) is 0 Å². The lowest BCUT2D eigenvalue weighted by atomic mass is 10.2. The van der Waals surface area contributed by atoms with Gasteiger partial charge in [0.15, 0.2) is 6.61 Å². The summed E-state index contributed by atoms with van der Waals surface area (Å²) >= 11 is 21.3. The van der Waals surface area contributed by atoms with Crippen LogP contribution in [-0.2, 0) is 19.1 Å². The largest absolute Gasteiger partial charge is 0.456 e. The van der Waals surface area contributed by atoms with Crippen molar-refractivity contribution in [1.29, 1.82) is 0 Å². The third-order valence-electron chi connectivity index (χ3n) is 3.76. The second kappa shape index (κ2) is 10.8. The summed E-state index contributed by atoms with van der Waals surface area (Å²) in [4.78, 5) is 35.7. The maximum absolute atomic E-state index is 12.0. The minimum Gasteiger partial charge on any atom is -0.456 e. The van der Waals surface area contributed by atoms with Crippen LogP contribution in [0.1, 0.15) is 18.4 Å². The number of halogens is 4. The summed E-state index contributed by atoms with van der Waals surface area (Å²) in [7, 11) is 0. The third kappa shape index (κ3) is 6.89. The molecule has 0 spiro atoms. The Kier molecular flexibility index (Phi) is 8.77. The monoisotopic (exact) mass is 520 g/mol. The Morgan fingerprint density at radius 3 is 2.34 bits per heavy atom. The number of amides is 2. The molecule has 0 radical (unpaired) electrons. The third-order valence-corrected chi connectivity index (χ3v) is 5.95. The van der Waals surface area contributed by atoms with Crippen LogP contribution < -0.4 is 10.6 Å². The fraction of sp³-hybridized carbons (Fsp3) is 0.211. The average Bonchev–Trinajstić information content (AvgIpc) is 2.69. The zero-order chi connectivity index (χ0) is 21.6. The molecule has 2 amide bonds. The molecular formula is C19H16BrCl3N2O4. The van der Waals surface area contributed by atoms with Gasteiger partial charge >= 0.3 is 5.97 Å². The summed E-state index contributed by atoms with van der Waals surface area (Å²) in [5, 5.41) is 6.17. The van der Waals surface area contributed by atoms with Crippen LogP contribution in [0.2, 0.25) is 15.1 Å². The fourth-order valence-electron chi connectivity index (χ4n) is 2.22. The van der Waals surface area contributed by atoms with E-state index < -0.39 is 24.4 Å². The molecule has 0 aliphatic carbocycles. The minimum absolute atomic E-state index is 0.134. The van der Waals surface area contributed by atoms with Crippen molar-refractivity contribution in [2.24, 2.45) is 0 Å². The summed E-state index contributed by atoms with van der Waals surface area (Å²) in [6, 6.07) is 8.19. The van der Waals surface area contributed by atoms with Crippen molar-refractivity contribution in [2.45, 2.75) is 19.8 Å². The van der Waals surface area contributed by atoms with Gasteiger partial charge in [0, 0.05) is 16.6 Å². The highest BCUT2D eigenvalue weighted by Gasteiger charge is 2.14. The lowest BCUT2D eigenvalue weighted by molar-refractivity contribution is -0.147. The molecule has 0 fully saturated rings. The maximum atomic E-state index is 12.0. The van der Waals surface area contributed by atoms with Crippen LogP contribution in [0.3, 0.4) is 0 Å². The van der Waals surface area contributed by atoms with Crippen molar-refractivity contribution in [2.75, 3.05) is 17.2 Å². The first-order chi connectivity index (χ1) is 13.7. The number of carbonyl (C=O) groups is 3. The van der Waals surface area contributed by atoms with Crippen molar-refractivity contribution in [3.05, 3.63) is 55.4 Å². The highest BCUT2D eigenvalue weighted by Crippen LogP contribution is 2.31. The normalized spacial score (nSPS) is 10.4. The van der Waals surface area contributed by atoms with Crippen LogP contribution in [0, 0.1) is 6.92 Å². The fourth-order valence-corrected chi connectivity index (χ4v) is 3.16. The first kappa shape index (κ1) is 23.5. The first-order valence-electron chi connectivity index (χ1n) is 8.33. The van der Waals surface area contributed by atoms with Gasteiger partial charge in [-0.3, -0.25) is 14.4 Å². The summed E-state index contributed by atoms with van der Waals surface area (Å²) in [5.74, 6) is -1.64. The molecule has 154 valence electrons. The van der Waals surface area contributed by atoms with E-state index in [1.54, 1.807) is 37.3 Å². The number of hydrogen-bond acceptors (Lipinski definition) is 4. The zero-order valence-electron chi connectivity index (χ0n) is 15.2. The van der Waals surface area contributed by atoms with Crippen LogP contribution >= 0.6 is 50.7 Å². The number of ether oxygens (including phenoxy) is 1. The van der Waals surface area contributed by atoms with E-state index in [-0.39, 0.29) is 17.9 Å². The van der Waals surface area contributed by atoms with E-state index in [1.807, 2.05) is 0 Å². The van der Waals surface area contributed by atoms with E-state index in [9.17, 15) is 14.4 Å². The van der Waals surface area contributed by atoms with Crippen LogP contribution in [0.15, 0.2) is 34.8 Å². The Morgan fingerprint density at radius 1 is 0.931 bits per heavy atom. The van der Waals surface area contributed by atoms with Crippen molar-refractivity contribution in [3.63, 3.8) is 0 Å². The minimum atomic E-state index is -0.682. The highest BCUT2D eigenvalue weighted by molar-refractivity contribution is 9.10. The number of benzene rings is 2. The quantitative estimate of drug-likeness (QED) is 0.463. The highest BCUT2D eigenvalue weighted by atomic mass is 79.9. The number of nitrogens with one attached hydrogen (secondary N) is 2. The lowest BCUT2D eigenvalue weighted by Crippen LogP contribution is -2.22. The molecule has 2 N–H and O–H groups in total. The van der Waals surface area contributed by atoms with Gasteiger partial charge in [0.05, 0.1) is 27.2 Å². The molecule has 0 aromatic heterocycles. The molecular weight excluding hydrogens is 506 g/mol. The Morgan fingerprint density at radius 2 is 1.62 bits per heavy atom. The molecule has 0 atom stereocenters. The second-order valence-corrected chi connectivity index (χ2v) is 7.91. The Bertz CT molecular complexity index is 953.